The highest BCUT2D eigenvalue weighted by Gasteiger charge is 2.20. The van der Waals surface area contributed by atoms with Crippen LogP contribution in [0.25, 0.3) is 0 Å². The lowest BCUT2D eigenvalue weighted by Crippen LogP contribution is -2.12. The van der Waals surface area contributed by atoms with E-state index in [1.807, 2.05) is 48.5 Å². The molecular weight excluding hydrogens is 232 g/mol. The van der Waals surface area contributed by atoms with Crippen LogP contribution in [0.2, 0.25) is 0 Å². The molecule has 1 atom stereocenters. The number of benzene rings is 2. The lowest BCUT2D eigenvalue weighted by Gasteiger charge is -2.15. The van der Waals surface area contributed by atoms with Gasteiger partial charge in [0.05, 0.1) is 0 Å². The number of rotatable bonds is 4. The standard InChI is InChI=1S/C18H20O/c1-4-17(15-8-6-5-7-9-15)18(19)16-11-10-13(2)14(3)12-16/h5-12,17H,4H2,1-3H3. The molecule has 19 heavy (non-hydrogen) atoms. The molecule has 98 valence electrons. The van der Waals surface area contributed by atoms with Gasteiger partial charge in [-0.15, -0.1) is 0 Å². The van der Waals surface area contributed by atoms with Gasteiger partial charge in [-0.2, -0.15) is 0 Å². The van der Waals surface area contributed by atoms with E-state index in [9.17, 15) is 4.79 Å². The number of hydrogen-bond donors (Lipinski definition) is 0. The maximum Gasteiger partial charge on any atom is 0.170 e. The Morgan fingerprint density at radius 2 is 1.68 bits per heavy atom. The predicted octanol–water partition coefficient (Wildman–Crippen LogP) is 4.68. The molecule has 0 saturated heterocycles. The molecular formula is C18H20O. The fraction of sp³-hybridized carbons (Fsp3) is 0.278. The summed E-state index contributed by atoms with van der Waals surface area (Å²) in [6.45, 7) is 6.18. The Labute approximate surface area is 115 Å². The maximum atomic E-state index is 12.6. The van der Waals surface area contributed by atoms with Crippen molar-refractivity contribution in [1.82, 2.24) is 0 Å². The van der Waals surface area contributed by atoms with Crippen LogP contribution in [0.3, 0.4) is 0 Å². The van der Waals surface area contributed by atoms with E-state index in [-0.39, 0.29) is 11.7 Å². The van der Waals surface area contributed by atoms with E-state index in [2.05, 4.69) is 20.8 Å². The Hall–Kier alpha value is -1.89. The minimum Gasteiger partial charge on any atom is -0.293 e. The van der Waals surface area contributed by atoms with Gasteiger partial charge in [-0.25, -0.2) is 0 Å². The monoisotopic (exact) mass is 252 g/mol. The second-order valence-electron chi connectivity index (χ2n) is 5.03. The van der Waals surface area contributed by atoms with Gasteiger partial charge in [0.15, 0.2) is 5.78 Å². The molecule has 2 aromatic rings. The molecule has 0 aliphatic rings. The topological polar surface area (TPSA) is 17.1 Å². The summed E-state index contributed by atoms with van der Waals surface area (Å²) in [6, 6.07) is 16.0. The number of Topliss-reactive ketones (excluding diaryl/α,β-unsaturated/α-hetero) is 1. The van der Waals surface area contributed by atoms with Gasteiger partial charge >= 0.3 is 0 Å². The van der Waals surface area contributed by atoms with Crippen LogP contribution in [0.5, 0.6) is 0 Å². The first kappa shape index (κ1) is 13.5. The minimum atomic E-state index is -0.0386. The first-order valence-corrected chi connectivity index (χ1v) is 6.80. The zero-order valence-corrected chi connectivity index (χ0v) is 11.8. The quantitative estimate of drug-likeness (QED) is 0.722. The van der Waals surface area contributed by atoms with E-state index in [4.69, 9.17) is 0 Å². The van der Waals surface area contributed by atoms with Crippen molar-refractivity contribution in [3.63, 3.8) is 0 Å². The Bertz CT molecular complexity index is 569. The second kappa shape index (κ2) is 5.83. The van der Waals surface area contributed by atoms with Gasteiger partial charge in [-0.1, -0.05) is 49.4 Å². The normalized spacial score (nSPS) is 12.2. The molecule has 0 radical (unpaired) electrons. The van der Waals surface area contributed by atoms with E-state index in [0.717, 1.165) is 17.5 Å². The lowest BCUT2D eigenvalue weighted by molar-refractivity contribution is 0.0957. The molecule has 0 heterocycles. The Kier molecular flexibility index (Phi) is 4.16. The van der Waals surface area contributed by atoms with Gasteiger partial charge in [-0.05, 0) is 43.0 Å². The van der Waals surface area contributed by atoms with Gasteiger partial charge < -0.3 is 0 Å². The van der Waals surface area contributed by atoms with Crippen LogP contribution in [0, 0.1) is 13.8 Å². The number of aryl methyl sites for hydroxylation is 2. The molecule has 1 nitrogen and oxygen atoms in total. The van der Waals surface area contributed by atoms with Crippen LogP contribution in [0.1, 0.15) is 46.3 Å². The number of carbonyl (C=O) groups is 1. The van der Waals surface area contributed by atoms with Crippen molar-refractivity contribution in [1.29, 1.82) is 0 Å². The van der Waals surface area contributed by atoms with E-state index in [1.54, 1.807) is 0 Å². The zero-order chi connectivity index (χ0) is 13.8. The van der Waals surface area contributed by atoms with E-state index < -0.39 is 0 Å². The number of carbonyl (C=O) groups excluding carboxylic acids is 1. The summed E-state index contributed by atoms with van der Waals surface area (Å²) in [5, 5.41) is 0. The van der Waals surface area contributed by atoms with E-state index in [0.29, 0.717) is 0 Å². The Balaban J connectivity index is 2.33. The molecule has 0 aliphatic heterocycles. The first-order valence-electron chi connectivity index (χ1n) is 6.80. The van der Waals surface area contributed by atoms with E-state index in [1.165, 1.54) is 11.1 Å². The van der Waals surface area contributed by atoms with Crippen LogP contribution in [-0.2, 0) is 0 Å². The summed E-state index contributed by atoms with van der Waals surface area (Å²) in [5.74, 6) is 0.181. The minimum absolute atomic E-state index is 0.0386. The summed E-state index contributed by atoms with van der Waals surface area (Å²) < 4.78 is 0. The van der Waals surface area contributed by atoms with Crippen LogP contribution in [-0.4, -0.2) is 5.78 Å². The predicted molar refractivity (Wildman–Crippen MR) is 79.7 cm³/mol. The van der Waals surface area contributed by atoms with Crippen LogP contribution >= 0.6 is 0 Å². The highest BCUT2D eigenvalue weighted by molar-refractivity contribution is 6.01. The third kappa shape index (κ3) is 2.93. The van der Waals surface area contributed by atoms with Gasteiger partial charge in [0.1, 0.15) is 0 Å². The Morgan fingerprint density at radius 3 is 2.26 bits per heavy atom. The van der Waals surface area contributed by atoms with Crippen LogP contribution in [0.4, 0.5) is 0 Å². The van der Waals surface area contributed by atoms with Crippen LogP contribution < -0.4 is 0 Å². The summed E-state index contributed by atoms with van der Waals surface area (Å²) in [7, 11) is 0. The van der Waals surface area contributed by atoms with Gasteiger partial charge in [0.25, 0.3) is 0 Å². The largest absolute Gasteiger partial charge is 0.293 e. The van der Waals surface area contributed by atoms with Gasteiger partial charge in [-0.3, -0.25) is 4.79 Å². The molecule has 0 spiro atoms. The SMILES string of the molecule is CCC(C(=O)c1ccc(C)c(C)c1)c1ccccc1. The summed E-state index contributed by atoms with van der Waals surface area (Å²) in [5.41, 5.74) is 4.32. The fourth-order valence-electron chi connectivity index (χ4n) is 2.35. The molecule has 0 fully saturated rings. The molecule has 1 heteroatoms. The molecule has 1 unspecified atom stereocenters. The second-order valence-corrected chi connectivity index (χ2v) is 5.03. The molecule has 0 amide bonds. The van der Waals surface area contributed by atoms with Crippen molar-refractivity contribution in [3.8, 4) is 0 Å². The third-order valence-corrected chi connectivity index (χ3v) is 3.72. The van der Waals surface area contributed by atoms with Gasteiger partial charge in [0.2, 0.25) is 0 Å². The Morgan fingerprint density at radius 1 is 1.00 bits per heavy atom. The first-order chi connectivity index (χ1) is 9.13. The molecule has 2 rings (SSSR count). The van der Waals surface area contributed by atoms with Gasteiger partial charge in [0, 0.05) is 11.5 Å². The molecule has 0 aliphatic carbocycles. The van der Waals surface area contributed by atoms with Crippen molar-refractivity contribution in [2.75, 3.05) is 0 Å². The van der Waals surface area contributed by atoms with Crippen molar-refractivity contribution >= 4 is 5.78 Å². The highest BCUT2D eigenvalue weighted by atomic mass is 16.1. The molecule has 0 bridgehead atoms. The van der Waals surface area contributed by atoms with Crippen molar-refractivity contribution in [2.24, 2.45) is 0 Å². The third-order valence-electron chi connectivity index (χ3n) is 3.72. The fourth-order valence-corrected chi connectivity index (χ4v) is 2.35. The maximum absolute atomic E-state index is 12.6. The molecule has 0 saturated carbocycles. The van der Waals surface area contributed by atoms with Crippen LogP contribution in [0.15, 0.2) is 48.5 Å². The molecule has 2 aromatic carbocycles. The summed E-state index contributed by atoms with van der Waals surface area (Å²) in [6.07, 6.45) is 0.829. The summed E-state index contributed by atoms with van der Waals surface area (Å²) >= 11 is 0. The molecule has 0 aromatic heterocycles. The van der Waals surface area contributed by atoms with Crippen molar-refractivity contribution in [3.05, 3.63) is 70.8 Å². The molecule has 0 N–H and O–H groups in total. The smallest absolute Gasteiger partial charge is 0.170 e. The summed E-state index contributed by atoms with van der Waals surface area (Å²) in [4.78, 5) is 12.6. The van der Waals surface area contributed by atoms with Crippen molar-refractivity contribution < 1.29 is 4.79 Å². The lowest BCUT2D eigenvalue weighted by atomic mass is 9.88. The number of ketones is 1. The zero-order valence-electron chi connectivity index (χ0n) is 11.8. The van der Waals surface area contributed by atoms with Crippen molar-refractivity contribution in [2.45, 2.75) is 33.1 Å². The van der Waals surface area contributed by atoms with E-state index >= 15 is 0 Å². The average Bonchev–Trinajstić information content (AvgIpc) is 2.44. The number of hydrogen-bond acceptors (Lipinski definition) is 1. The highest BCUT2D eigenvalue weighted by Crippen LogP contribution is 2.25. The average molecular weight is 252 g/mol.